The molecule has 1 amide bonds. The molecule has 2 N–H and O–H groups in total. The molecular formula is C47H40ClF2N5O8. The molecule has 4 aliphatic rings. The number of fused-ring (bicyclic) bond motifs is 10. The van der Waals surface area contributed by atoms with Gasteiger partial charge in [-0.25, -0.2) is 23.5 Å². The minimum Gasteiger partial charge on any atom is -0.507 e. The Morgan fingerprint density at radius 2 is 1.87 bits per heavy atom. The summed E-state index contributed by atoms with van der Waals surface area (Å²) < 4.78 is 50.2. The molecule has 3 aromatic heterocycles. The lowest BCUT2D eigenvalue weighted by Gasteiger charge is -2.49. The summed E-state index contributed by atoms with van der Waals surface area (Å²) in [4.78, 5) is 53.4. The van der Waals surface area contributed by atoms with E-state index in [1.165, 1.54) is 24.4 Å². The molecule has 6 aromatic rings. The second-order valence-corrected chi connectivity index (χ2v) is 16.8. The van der Waals surface area contributed by atoms with Gasteiger partial charge in [0.1, 0.15) is 42.7 Å². The third kappa shape index (κ3) is 6.07. The van der Waals surface area contributed by atoms with E-state index in [9.17, 15) is 29.0 Å². The van der Waals surface area contributed by atoms with Gasteiger partial charge in [-0.3, -0.25) is 9.59 Å². The minimum atomic E-state index is -1.92. The number of carbonyl (C=O) groups excluding carboxylic acids is 2. The molecule has 0 saturated carbocycles. The number of hydrogen-bond donors (Lipinski definition) is 2. The first-order chi connectivity index (χ1) is 30.2. The summed E-state index contributed by atoms with van der Waals surface area (Å²) >= 11 is 6.62. The maximum absolute atomic E-state index is 16.2. The number of pyridine rings is 3. The zero-order valence-corrected chi connectivity index (χ0v) is 35.2. The van der Waals surface area contributed by atoms with Gasteiger partial charge in [0.05, 0.1) is 57.5 Å². The van der Waals surface area contributed by atoms with Crippen LogP contribution in [0.2, 0.25) is 5.02 Å². The average Bonchev–Trinajstić information content (AvgIpc) is 3.64. The van der Waals surface area contributed by atoms with Crippen molar-refractivity contribution in [3.63, 3.8) is 0 Å². The molecule has 3 atom stereocenters. The Hall–Kier alpha value is -6.58. The Balaban J connectivity index is 0.875. The highest BCUT2D eigenvalue weighted by atomic mass is 35.5. The number of hydrogen-bond acceptors (Lipinski definition) is 11. The fourth-order valence-electron chi connectivity index (χ4n) is 9.62. The number of amides is 1. The van der Waals surface area contributed by atoms with Crippen molar-refractivity contribution in [2.45, 2.75) is 64.4 Å². The number of phenols is 1. The van der Waals surface area contributed by atoms with Gasteiger partial charge in [-0.2, -0.15) is 0 Å². The highest BCUT2D eigenvalue weighted by molar-refractivity contribution is 6.34. The number of halogens is 3. The normalized spacial score (nSPS) is 19.8. The fraction of sp³-hybridized carbons (Fsp3) is 0.298. The molecule has 1 fully saturated rings. The van der Waals surface area contributed by atoms with Gasteiger partial charge in [-0.15, -0.1) is 0 Å². The summed E-state index contributed by atoms with van der Waals surface area (Å²) in [5.41, 5.74) is 1.94. The lowest BCUT2D eigenvalue weighted by Crippen LogP contribution is -2.62. The predicted molar refractivity (Wildman–Crippen MR) is 230 cm³/mol. The first-order valence-corrected chi connectivity index (χ1v) is 21.0. The molecular weight excluding hydrogens is 836 g/mol. The quantitative estimate of drug-likeness (QED) is 0.127. The number of aromatic hydroxyl groups is 1. The lowest BCUT2D eigenvalue weighted by atomic mass is 9.86. The van der Waals surface area contributed by atoms with Crippen LogP contribution in [0.4, 0.5) is 14.5 Å². The summed E-state index contributed by atoms with van der Waals surface area (Å²) in [6, 6.07) is 11.7. The van der Waals surface area contributed by atoms with Crippen LogP contribution in [0.25, 0.3) is 44.3 Å². The molecule has 0 aliphatic carbocycles. The van der Waals surface area contributed by atoms with E-state index >= 15 is 4.39 Å². The van der Waals surface area contributed by atoms with Gasteiger partial charge >= 0.3 is 5.97 Å². The molecule has 7 heterocycles. The third-order valence-electron chi connectivity index (χ3n) is 12.9. The number of aromatic nitrogens is 3. The molecule has 4 aliphatic heterocycles. The number of aliphatic hydroxyl groups is 1. The third-order valence-corrected chi connectivity index (χ3v) is 13.2. The van der Waals surface area contributed by atoms with E-state index in [0.29, 0.717) is 52.4 Å². The van der Waals surface area contributed by atoms with E-state index < -0.39 is 29.0 Å². The van der Waals surface area contributed by atoms with Crippen LogP contribution in [0.5, 0.6) is 17.2 Å². The number of cyclic esters (lactones) is 1. The topological polar surface area (TPSA) is 157 Å². The van der Waals surface area contributed by atoms with Gasteiger partial charge in [0.2, 0.25) is 0 Å². The molecule has 0 bridgehead atoms. The number of nitrogens with zero attached hydrogens (tertiary/aromatic N) is 5. The SMILES string of the molecule is C=C(COc1ccc2nc3c(c(CC)c2c1)Cn1c-3cc2c(c1=O)COC(=O)[C@]2(O)CC)C(=O)N1C[C@@H]2COc3cnc4c(F)c(-c5c(O)cccc5F)c(Cl)cc4c3N2C[C@H]1C. The monoisotopic (exact) mass is 875 g/mol. The molecule has 322 valence electrons. The first kappa shape index (κ1) is 40.5. The number of aryl methyl sites for hydroxylation is 1. The van der Waals surface area contributed by atoms with Gasteiger partial charge in [0.25, 0.3) is 11.5 Å². The van der Waals surface area contributed by atoms with Crippen molar-refractivity contribution < 1.29 is 42.8 Å². The highest BCUT2D eigenvalue weighted by Gasteiger charge is 2.46. The van der Waals surface area contributed by atoms with Crippen LogP contribution in [0.15, 0.2) is 71.7 Å². The molecule has 16 heteroatoms. The number of anilines is 1. The lowest BCUT2D eigenvalue weighted by molar-refractivity contribution is -0.172. The fourth-order valence-corrected chi connectivity index (χ4v) is 9.90. The van der Waals surface area contributed by atoms with Crippen molar-refractivity contribution >= 4 is 51.0 Å². The van der Waals surface area contributed by atoms with Crippen LogP contribution >= 0.6 is 11.6 Å². The Morgan fingerprint density at radius 3 is 2.63 bits per heavy atom. The maximum Gasteiger partial charge on any atom is 0.343 e. The molecule has 3 aromatic carbocycles. The van der Waals surface area contributed by atoms with E-state index in [1.807, 2.05) is 26.0 Å². The Kier molecular flexibility index (Phi) is 9.49. The zero-order chi connectivity index (χ0) is 44.2. The number of piperazine rings is 1. The van der Waals surface area contributed by atoms with E-state index in [4.69, 9.17) is 30.8 Å². The van der Waals surface area contributed by atoms with E-state index in [2.05, 4.69) is 16.5 Å². The number of phenolic OH excluding ortho intramolecular Hbond substituents is 1. The molecule has 10 rings (SSSR count). The van der Waals surface area contributed by atoms with Crippen LogP contribution in [0.1, 0.15) is 49.4 Å². The van der Waals surface area contributed by atoms with Gasteiger partial charge in [-0.05, 0) is 67.8 Å². The van der Waals surface area contributed by atoms with Crippen LogP contribution in [0.3, 0.4) is 0 Å². The van der Waals surface area contributed by atoms with Crippen molar-refractivity contribution in [3.8, 4) is 39.8 Å². The molecule has 0 unspecified atom stereocenters. The van der Waals surface area contributed by atoms with Crippen LogP contribution in [0, 0.1) is 11.6 Å². The number of rotatable bonds is 7. The Labute approximate surface area is 363 Å². The van der Waals surface area contributed by atoms with Gasteiger partial charge in [0.15, 0.2) is 17.2 Å². The maximum atomic E-state index is 16.2. The molecule has 0 spiro atoms. The van der Waals surface area contributed by atoms with E-state index in [1.54, 1.807) is 28.5 Å². The molecule has 13 nitrogen and oxygen atoms in total. The van der Waals surface area contributed by atoms with Crippen molar-refractivity contribution in [1.29, 1.82) is 0 Å². The molecule has 0 radical (unpaired) electrons. The molecule has 63 heavy (non-hydrogen) atoms. The van der Waals surface area contributed by atoms with Gasteiger partial charge < -0.3 is 38.8 Å². The van der Waals surface area contributed by atoms with E-state index in [-0.39, 0.29) is 101 Å². The number of carbonyl (C=O) groups is 2. The Bertz CT molecular complexity index is 3060. The highest BCUT2D eigenvalue weighted by Crippen LogP contribution is 2.47. The second-order valence-electron chi connectivity index (χ2n) is 16.4. The largest absolute Gasteiger partial charge is 0.507 e. The van der Waals surface area contributed by atoms with Crippen LogP contribution < -0.4 is 19.9 Å². The van der Waals surface area contributed by atoms with Gasteiger partial charge in [0, 0.05) is 52.2 Å². The van der Waals surface area contributed by atoms with Crippen LogP contribution in [-0.2, 0) is 39.5 Å². The summed E-state index contributed by atoms with van der Waals surface area (Å²) in [5.74, 6) is -2.35. The van der Waals surface area contributed by atoms with Crippen molar-refractivity contribution in [2.75, 3.05) is 31.2 Å². The first-order valence-electron chi connectivity index (χ1n) is 20.7. The van der Waals surface area contributed by atoms with Crippen LogP contribution in [-0.4, -0.2) is 79.9 Å². The van der Waals surface area contributed by atoms with Crippen molar-refractivity contribution in [2.24, 2.45) is 0 Å². The van der Waals surface area contributed by atoms with E-state index in [0.717, 1.165) is 22.6 Å². The summed E-state index contributed by atoms with van der Waals surface area (Å²) in [6.45, 7) is 10.5. The van der Waals surface area contributed by atoms with Gasteiger partial charge in [-0.1, -0.05) is 38.1 Å². The smallest absolute Gasteiger partial charge is 0.343 e. The standard InChI is InChI=1S/C47H40ClF2N5O8/c1-5-26-27-12-25(10-11-34(27)52-41-29(26)18-55-35(41)14-31-30(45(55)58)21-63-46(59)47(31,60)6-2)61-19-22(3)44(57)53-17-24-20-62-37-15-51-42-28(43(37)54(24)16-23(53)4)13-32(48)38(40(42)50)39-33(49)8-7-9-36(39)56/h7-15,23-24,56,60H,3,5-6,16-21H2,1-2,4H3/t23-,24-,47+/m1/s1. The molecule has 1 saturated heterocycles. The second kappa shape index (κ2) is 14.8. The predicted octanol–water partition coefficient (Wildman–Crippen LogP) is 6.93. The average molecular weight is 876 g/mol. The number of benzene rings is 3. The number of ether oxygens (including phenoxy) is 3. The zero-order valence-electron chi connectivity index (χ0n) is 34.4. The summed E-state index contributed by atoms with van der Waals surface area (Å²) in [6.07, 6.45) is 2.08. The van der Waals surface area contributed by atoms with Crippen molar-refractivity contribution in [1.82, 2.24) is 19.4 Å². The number of esters is 1. The summed E-state index contributed by atoms with van der Waals surface area (Å²) in [5, 5.41) is 22.7. The minimum absolute atomic E-state index is 0.0482. The Morgan fingerprint density at radius 1 is 1.06 bits per heavy atom. The van der Waals surface area contributed by atoms with Crippen molar-refractivity contribution in [3.05, 3.63) is 116 Å². The summed E-state index contributed by atoms with van der Waals surface area (Å²) in [7, 11) is 0.